The number of hydrogen-bond donors (Lipinski definition) is 3. The smallest absolute Gasteiger partial charge is 0.251 e. The molecule has 0 aliphatic heterocycles. The number of nitrogens with zero attached hydrogens (tertiary/aromatic N) is 2. The number of amides is 1. The Morgan fingerprint density at radius 1 is 1.38 bits per heavy atom. The van der Waals surface area contributed by atoms with Gasteiger partial charge in [-0.1, -0.05) is 0 Å². The van der Waals surface area contributed by atoms with Gasteiger partial charge in [0.1, 0.15) is 12.2 Å². The topological polar surface area (TPSA) is 82.7 Å². The van der Waals surface area contributed by atoms with Gasteiger partial charge in [0.15, 0.2) is 0 Å². The van der Waals surface area contributed by atoms with Crippen molar-refractivity contribution in [2.45, 2.75) is 26.7 Å². The Morgan fingerprint density at radius 2 is 2.24 bits per heavy atom. The monoisotopic (exact) mass is 287 g/mol. The maximum atomic E-state index is 12.1. The van der Waals surface area contributed by atoms with E-state index in [4.69, 9.17) is 0 Å². The summed E-state index contributed by atoms with van der Waals surface area (Å²) < 4.78 is 0. The highest BCUT2D eigenvalue weighted by molar-refractivity contribution is 5.96. The number of anilines is 1. The van der Waals surface area contributed by atoms with Crippen molar-refractivity contribution in [3.8, 4) is 0 Å². The first-order chi connectivity index (χ1) is 10.2. The van der Waals surface area contributed by atoms with Gasteiger partial charge in [0.05, 0.1) is 0 Å². The summed E-state index contributed by atoms with van der Waals surface area (Å²) in [5, 5.41) is 12.8. The maximum absolute atomic E-state index is 12.1. The van der Waals surface area contributed by atoms with Crippen LogP contribution in [0.2, 0.25) is 0 Å². The first kappa shape index (κ1) is 15.0. The predicted octanol–water partition coefficient (Wildman–Crippen LogP) is 1.91. The highest BCUT2D eigenvalue weighted by Gasteiger charge is 2.08. The van der Waals surface area contributed by atoms with E-state index in [2.05, 4.69) is 25.8 Å². The lowest BCUT2D eigenvalue weighted by Gasteiger charge is -2.10. The number of nitrogens with one attached hydrogen (secondary N) is 3. The summed E-state index contributed by atoms with van der Waals surface area (Å²) in [7, 11) is 0. The van der Waals surface area contributed by atoms with Crippen LogP contribution in [-0.2, 0) is 6.42 Å². The highest BCUT2D eigenvalue weighted by atomic mass is 16.1. The van der Waals surface area contributed by atoms with Crippen LogP contribution in [0.5, 0.6) is 0 Å². The quantitative estimate of drug-likeness (QED) is 0.679. The molecular weight excluding hydrogens is 266 g/mol. The summed E-state index contributed by atoms with van der Waals surface area (Å²) in [4.78, 5) is 16.2. The fraction of sp³-hybridized carbons (Fsp3) is 0.400. The van der Waals surface area contributed by atoms with Gasteiger partial charge in [-0.3, -0.25) is 9.89 Å². The Bertz CT molecular complexity index is 580. The molecule has 6 nitrogen and oxygen atoms in total. The van der Waals surface area contributed by atoms with E-state index in [0.717, 1.165) is 42.0 Å². The molecule has 112 valence electrons. The molecule has 0 atom stereocenters. The molecule has 0 unspecified atom stereocenters. The number of carbonyl (C=O) groups excluding carboxylic acids is 1. The highest BCUT2D eigenvalue weighted by Crippen LogP contribution is 2.15. The van der Waals surface area contributed by atoms with Crippen molar-refractivity contribution in [3.05, 3.63) is 41.5 Å². The van der Waals surface area contributed by atoms with Crippen molar-refractivity contribution < 1.29 is 4.79 Å². The Morgan fingerprint density at radius 3 is 2.90 bits per heavy atom. The average Bonchev–Trinajstić information content (AvgIpc) is 2.97. The van der Waals surface area contributed by atoms with Crippen LogP contribution in [0.15, 0.2) is 24.5 Å². The summed E-state index contributed by atoms with van der Waals surface area (Å²) in [6, 6.07) is 5.78. The third-order valence-corrected chi connectivity index (χ3v) is 3.19. The van der Waals surface area contributed by atoms with Crippen LogP contribution in [0, 0.1) is 6.92 Å². The van der Waals surface area contributed by atoms with Gasteiger partial charge in [0.25, 0.3) is 5.91 Å². The van der Waals surface area contributed by atoms with Crippen LogP contribution in [-0.4, -0.2) is 34.2 Å². The van der Waals surface area contributed by atoms with E-state index < -0.39 is 0 Å². The fourth-order valence-corrected chi connectivity index (χ4v) is 2.14. The van der Waals surface area contributed by atoms with Crippen molar-refractivity contribution in [1.82, 2.24) is 20.5 Å². The van der Waals surface area contributed by atoms with Crippen LogP contribution < -0.4 is 10.6 Å². The second-order valence-corrected chi connectivity index (χ2v) is 4.85. The average molecular weight is 287 g/mol. The largest absolute Gasteiger partial charge is 0.385 e. The number of aromatic amines is 1. The van der Waals surface area contributed by atoms with Crippen molar-refractivity contribution in [2.24, 2.45) is 0 Å². The zero-order valence-corrected chi connectivity index (χ0v) is 12.4. The molecule has 1 aromatic carbocycles. The number of aromatic nitrogens is 3. The number of rotatable bonds is 7. The van der Waals surface area contributed by atoms with E-state index in [-0.39, 0.29) is 5.91 Å². The summed E-state index contributed by atoms with van der Waals surface area (Å²) in [5.74, 6) is 0.809. The molecule has 0 saturated carbocycles. The van der Waals surface area contributed by atoms with Crippen LogP contribution >= 0.6 is 0 Å². The standard InChI is InChI=1S/C15H21N5O/c1-3-16-12-6-7-13(11(2)9-12)15(21)17-8-4-5-14-18-10-19-20-14/h6-7,9-10,16H,3-5,8H2,1-2H3,(H,17,21)(H,18,19,20). The summed E-state index contributed by atoms with van der Waals surface area (Å²) in [6.45, 7) is 5.48. The Labute approximate surface area is 124 Å². The Hall–Kier alpha value is -2.37. The number of hydrogen-bond acceptors (Lipinski definition) is 4. The molecule has 1 amide bonds. The van der Waals surface area contributed by atoms with Gasteiger partial charge >= 0.3 is 0 Å². The van der Waals surface area contributed by atoms with Crippen LogP contribution in [0.25, 0.3) is 0 Å². The molecule has 3 N–H and O–H groups in total. The minimum Gasteiger partial charge on any atom is -0.385 e. The molecule has 2 rings (SSSR count). The molecule has 2 aromatic rings. The van der Waals surface area contributed by atoms with E-state index in [1.807, 2.05) is 32.0 Å². The molecule has 0 aliphatic rings. The van der Waals surface area contributed by atoms with Crippen LogP contribution in [0.4, 0.5) is 5.69 Å². The summed E-state index contributed by atoms with van der Waals surface area (Å²) >= 11 is 0. The minimum atomic E-state index is -0.0341. The molecule has 1 heterocycles. The lowest BCUT2D eigenvalue weighted by Crippen LogP contribution is -2.25. The molecule has 0 saturated heterocycles. The van der Waals surface area contributed by atoms with Gasteiger partial charge < -0.3 is 10.6 Å². The van der Waals surface area contributed by atoms with Crippen LogP contribution in [0.1, 0.15) is 35.1 Å². The number of aryl methyl sites for hydroxylation is 2. The maximum Gasteiger partial charge on any atom is 0.251 e. The van der Waals surface area contributed by atoms with Gasteiger partial charge in [-0.2, -0.15) is 5.10 Å². The molecule has 0 aliphatic carbocycles. The molecule has 0 spiro atoms. The first-order valence-corrected chi connectivity index (χ1v) is 7.17. The van der Waals surface area contributed by atoms with E-state index in [0.29, 0.717) is 6.54 Å². The second kappa shape index (κ2) is 7.42. The third-order valence-electron chi connectivity index (χ3n) is 3.19. The lowest BCUT2D eigenvalue weighted by atomic mass is 10.1. The molecule has 6 heteroatoms. The van der Waals surface area contributed by atoms with E-state index in [9.17, 15) is 4.79 Å². The SMILES string of the molecule is CCNc1ccc(C(=O)NCCCc2ncn[nH]2)c(C)c1. The molecule has 0 radical (unpaired) electrons. The van der Waals surface area contributed by atoms with Gasteiger partial charge in [0.2, 0.25) is 0 Å². The van der Waals surface area contributed by atoms with E-state index in [1.165, 1.54) is 6.33 Å². The molecule has 21 heavy (non-hydrogen) atoms. The van der Waals surface area contributed by atoms with Gasteiger partial charge in [-0.15, -0.1) is 0 Å². The van der Waals surface area contributed by atoms with Gasteiger partial charge in [-0.05, 0) is 44.0 Å². The van der Waals surface area contributed by atoms with Gasteiger partial charge in [0, 0.05) is 30.8 Å². The zero-order chi connectivity index (χ0) is 15.1. The Kier molecular flexibility index (Phi) is 5.31. The fourth-order valence-electron chi connectivity index (χ4n) is 2.14. The van der Waals surface area contributed by atoms with Crippen molar-refractivity contribution in [2.75, 3.05) is 18.4 Å². The number of benzene rings is 1. The predicted molar refractivity (Wildman–Crippen MR) is 82.4 cm³/mol. The van der Waals surface area contributed by atoms with Crippen LogP contribution in [0.3, 0.4) is 0 Å². The molecule has 0 fully saturated rings. The van der Waals surface area contributed by atoms with Gasteiger partial charge in [-0.25, -0.2) is 4.98 Å². The Balaban J connectivity index is 1.82. The van der Waals surface area contributed by atoms with Crippen molar-refractivity contribution >= 4 is 11.6 Å². The van der Waals surface area contributed by atoms with E-state index >= 15 is 0 Å². The molecule has 0 bridgehead atoms. The van der Waals surface area contributed by atoms with Crippen molar-refractivity contribution in [3.63, 3.8) is 0 Å². The lowest BCUT2D eigenvalue weighted by molar-refractivity contribution is 0.0952. The minimum absolute atomic E-state index is 0.0341. The van der Waals surface area contributed by atoms with E-state index in [1.54, 1.807) is 0 Å². The van der Waals surface area contributed by atoms with Crippen molar-refractivity contribution in [1.29, 1.82) is 0 Å². The number of H-pyrrole nitrogens is 1. The first-order valence-electron chi connectivity index (χ1n) is 7.17. The third kappa shape index (κ3) is 4.30. The summed E-state index contributed by atoms with van der Waals surface area (Å²) in [6.07, 6.45) is 3.09. The normalized spacial score (nSPS) is 10.4. The zero-order valence-electron chi connectivity index (χ0n) is 12.4. The second-order valence-electron chi connectivity index (χ2n) is 4.85. The molecule has 1 aromatic heterocycles. The summed E-state index contributed by atoms with van der Waals surface area (Å²) in [5.41, 5.74) is 2.73. The number of carbonyl (C=O) groups is 1. The molecular formula is C15H21N5O.